The molecule has 0 aliphatic heterocycles. The maximum absolute atomic E-state index is 3.77. The minimum absolute atomic E-state index is 0.796. The second-order valence-corrected chi connectivity index (χ2v) is 3.46. The Morgan fingerprint density at radius 2 is 2.36 bits per heavy atom. The minimum Gasteiger partial charge on any atom is -0.314 e. The first-order valence-corrected chi connectivity index (χ1v) is 4.71. The van der Waals surface area contributed by atoms with Crippen LogP contribution in [-0.2, 0) is 0 Å². The van der Waals surface area contributed by atoms with Gasteiger partial charge in [-0.2, -0.15) is 0 Å². The van der Waals surface area contributed by atoms with Crippen molar-refractivity contribution in [1.29, 1.82) is 0 Å². The van der Waals surface area contributed by atoms with Crippen molar-refractivity contribution in [3.05, 3.63) is 12.7 Å². The zero-order valence-corrected chi connectivity index (χ0v) is 7.47. The Labute approximate surface area is 69.9 Å². The molecule has 1 nitrogen and oxygen atoms in total. The van der Waals surface area contributed by atoms with Crippen molar-refractivity contribution in [3.8, 4) is 0 Å². The largest absolute Gasteiger partial charge is 0.314 e. The first-order valence-electron chi connectivity index (χ1n) is 4.71. The van der Waals surface area contributed by atoms with Crippen LogP contribution in [0.2, 0.25) is 0 Å². The number of allylic oxidation sites excluding steroid dienone is 1. The van der Waals surface area contributed by atoms with E-state index in [0.29, 0.717) is 0 Å². The van der Waals surface area contributed by atoms with E-state index in [1.807, 2.05) is 0 Å². The first-order chi connectivity index (χ1) is 5.36. The molecule has 1 fully saturated rings. The average Bonchev–Trinajstić information content (AvgIpc) is 2.38. The lowest BCUT2D eigenvalue weighted by Gasteiger charge is -2.09. The standard InChI is InChI=1S/C10H19N/c1-3-5-9-6-7-10(8-9)11-4-2/h3,9-11H,1,4-8H2,2H3. The van der Waals surface area contributed by atoms with Crippen LogP contribution in [0.1, 0.15) is 32.6 Å². The molecule has 0 spiro atoms. The van der Waals surface area contributed by atoms with Gasteiger partial charge >= 0.3 is 0 Å². The van der Waals surface area contributed by atoms with Gasteiger partial charge in [0.25, 0.3) is 0 Å². The summed E-state index contributed by atoms with van der Waals surface area (Å²) in [7, 11) is 0. The van der Waals surface area contributed by atoms with Crippen LogP contribution in [0.15, 0.2) is 12.7 Å². The van der Waals surface area contributed by atoms with Gasteiger partial charge in [-0.3, -0.25) is 0 Å². The molecule has 2 unspecified atom stereocenters. The highest BCUT2D eigenvalue weighted by Crippen LogP contribution is 2.28. The summed E-state index contributed by atoms with van der Waals surface area (Å²) in [6.07, 6.45) is 7.39. The van der Waals surface area contributed by atoms with E-state index in [4.69, 9.17) is 0 Å². The van der Waals surface area contributed by atoms with E-state index < -0.39 is 0 Å². The number of hydrogen-bond donors (Lipinski definition) is 1. The molecule has 1 saturated carbocycles. The molecule has 0 heterocycles. The van der Waals surface area contributed by atoms with E-state index in [9.17, 15) is 0 Å². The molecular formula is C10H19N. The molecule has 0 bridgehead atoms. The van der Waals surface area contributed by atoms with E-state index in [0.717, 1.165) is 18.5 Å². The number of nitrogens with one attached hydrogen (secondary N) is 1. The molecule has 1 heteroatoms. The highest BCUT2D eigenvalue weighted by molar-refractivity contribution is 4.84. The molecule has 0 amide bonds. The summed E-state index contributed by atoms with van der Waals surface area (Å²) >= 11 is 0. The fraction of sp³-hybridized carbons (Fsp3) is 0.800. The zero-order chi connectivity index (χ0) is 8.10. The van der Waals surface area contributed by atoms with Gasteiger partial charge in [0, 0.05) is 6.04 Å². The van der Waals surface area contributed by atoms with Crippen LogP contribution in [0.5, 0.6) is 0 Å². The van der Waals surface area contributed by atoms with Crippen molar-refractivity contribution in [2.75, 3.05) is 6.54 Å². The van der Waals surface area contributed by atoms with Gasteiger partial charge in [-0.05, 0) is 38.1 Å². The van der Waals surface area contributed by atoms with E-state index in [1.54, 1.807) is 0 Å². The fourth-order valence-corrected chi connectivity index (χ4v) is 2.00. The summed E-state index contributed by atoms with van der Waals surface area (Å²) in [4.78, 5) is 0. The number of hydrogen-bond acceptors (Lipinski definition) is 1. The molecule has 1 aliphatic carbocycles. The molecular weight excluding hydrogens is 134 g/mol. The van der Waals surface area contributed by atoms with E-state index in [-0.39, 0.29) is 0 Å². The lowest BCUT2D eigenvalue weighted by atomic mass is 10.0. The Kier molecular flexibility index (Phi) is 3.64. The quantitative estimate of drug-likeness (QED) is 0.611. The highest BCUT2D eigenvalue weighted by atomic mass is 14.9. The average molecular weight is 153 g/mol. The molecule has 11 heavy (non-hydrogen) atoms. The maximum Gasteiger partial charge on any atom is 0.00697 e. The van der Waals surface area contributed by atoms with Crippen molar-refractivity contribution in [3.63, 3.8) is 0 Å². The first kappa shape index (κ1) is 8.79. The third-order valence-electron chi connectivity index (χ3n) is 2.53. The summed E-state index contributed by atoms with van der Waals surface area (Å²) in [6.45, 7) is 7.07. The normalized spacial score (nSPS) is 30.6. The summed E-state index contributed by atoms with van der Waals surface area (Å²) in [6, 6.07) is 0.796. The van der Waals surface area contributed by atoms with Crippen molar-refractivity contribution >= 4 is 0 Å². The van der Waals surface area contributed by atoms with E-state index in [1.165, 1.54) is 25.7 Å². The molecule has 1 rings (SSSR count). The Morgan fingerprint density at radius 3 is 3.00 bits per heavy atom. The molecule has 0 aromatic carbocycles. The highest BCUT2D eigenvalue weighted by Gasteiger charge is 2.22. The van der Waals surface area contributed by atoms with Gasteiger partial charge in [0.05, 0.1) is 0 Å². The van der Waals surface area contributed by atoms with Gasteiger partial charge in [-0.25, -0.2) is 0 Å². The molecule has 0 aromatic rings. The number of rotatable bonds is 4. The van der Waals surface area contributed by atoms with Gasteiger partial charge in [-0.1, -0.05) is 13.0 Å². The van der Waals surface area contributed by atoms with Crippen molar-refractivity contribution in [2.24, 2.45) is 5.92 Å². The summed E-state index contributed by atoms with van der Waals surface area (Å²) < 4.78 is 0. The lowest BCUT2D eigenvalue weighted by molar-refractivity contribution is 0.499. The van der Waals surface area contributed by atoms with Gasteiger partial charge in [0.15, 0.2) is 0 Å². The van der Waals surface area contributed by atoms with Crippen LogP contribution in [0.4, 0.5) is 0 Å². The van der Waals surface area contributed by atoms with Crippen LogP contribution in [0.25, 0.3) is 0 Å². The molecule has 0 radical (unpaired) electrons. The van der Waals surface area contributed by atoms with E-state index >= 15 is 0 Å². The predicted molar refractivity (Wildman–Crippen MR) is 49.6 cm³/mol. The van der Waals surface area contributed by atoms with E-state index in [2.05, 4.69) is 24.9 Å². The van der Waals surface area contributed by atoms with Gasteiger partial charge in [0.1, 0.15) is 0 Å². The maximum atomic E-state index is 3.77. The van der Waals surface area contributed by atoms with Crippen molar-refractivity contribution in [2.45, 2.75) is 38.6 Å². The Morgan fingerprint density at radius 1 is 1.55 bits per heavy atom. The smallest absolute Gasteiger partial charge is 0.00697 e. The molecule has 0 saturated heterocycles. The fourth-order valence-electron chi connectivity index (χ4n) is 2.00. The van der Waals surface area contributed by atoms with Gasteiger partial charge in [0.2, 0.25) is 0 Å². The monoisotopic (exact) mass is 153 g/mol. The summed E-state index contributed by atoms with van der Waals surface area (Å²) in [5, 5.41) is 3.50. The minimum atomic E-state index is 0.796. The Hall–Kier alpha value is -0.300. The zero-order valence-electron chi connectivity index (χ0n) is 7.47. The molecule has 2 atom stereocenters. The second kappa shape index (κ2) is 4.55. The third kappa shape index (κ3) is 2.66. The SMILES string of the molecule is C=CCC1CCC(NCC)C1. The second-order valence-electron chi connectivity index (χ2n) is 3.46. The van der Waals surface area contributed by atoms with Crippen LogP contribution in [0, 0.1) is 5.92 Å². The summed E-state index contributed by atoms with van der Waals surface area (Å²) in [5.41, 5.74) is 0. The molecule has 1 aliphatic rings. The van der Waals surface area contributed by atoms with Crippen molar-refractivity contribution in [1.82, 2.24) is 5.32 Å². The molecule has 0 aromatic heterocycles. The van der Waals surface area contributed by atoms with Gasteiger partial charge in [-0.15, -0.1) is 6.58 Å². The van der Waals surface area contributed by atoms with Crippen LogP contribution < -0.4 is 5.32 Å². The van der Waals surface area contributed by atoms with Crippen LogP contribution in [0.3, 0.4) is 0 Å². The topological polar surface area (TPSA) is 12.0 Å². The van der Waals surface area contributed by atoms with Crippen LogP contribution >= 0.6 is 0 Å². The molecule has 1 N–H and O–H groups in total. The van der Waals surface area contributed by atoms with Crippen LogP contribution in [-0.4, -0.2) is 12.6 Å². The molecule has 64 valence electrons. The lowest BCUT2D eigenvalue weighted by Crippen LogP contribution is -2.25. The predicted octanol–water partition coefficient (Wildman–Crippen LogP) is 2.34. The Balaban J connectivity index is 2.17. The Bertz CT molecular complexity index is 120. The third-order valence-corrected chi connectivity index (χ3v) is 2.53. The summed E-state index contributed by atoms with van der Waals surface area (Å²) in [5.74, 6) is 0.913. The van der Waals surface area contributed by atoms with Crippen molar-refractivity contribution < 1.29 is 0 Å². The van der Waals surface area contributed by atoms with Gasteiger partial charge < -0.3 is 5.32 Å².